The van der Waals surface area contributed by atoms with Crippen molar-refractivity contribution < 1.29 is 24.2 Å². The molecule has 1 aromatic rings. The van der Waals surface area contributed by atoms with E-state index in [0.717, 1.165) is 18.4 Å². The van der Waals surface area contributed by atoms with Gasteiger partial charge in [0, 0.05) is 24.4 Å². The zero-order valence-corrected chi connectivity index (χ0v) is 20.1. The van der Waals surface area contributed by atoms with E-state index in [2.05, 4.69) is 6.08 Å². The van der Waals surface area contributed by atoms with Crippen LogP contribution in [0.4, 0.5) is 0 Å². The Kier molecular flexibility index (Phi) is 6.06. The monoisotopic (exact) mass is 482 g/mol. The summed E-state index contributed by atoms with van der Waals surface area (Å²) in [6, 6.07) is 8.96. The fraction of sp³-hybridized carbons (Fsp3) is 0.500. The Morgan fingerprint density at radius 3 is 2.65 bits per heavy atom. The summed E-state index contributed by atoms with van der Waals surface area (Å²) in [7, 11) is 0. The molecule has 180 valence electrons. The van der Waals surface area contributed by atoms with Crippen LogP contribution in [0.5, 0.6) is 0 Å². The number of hydrogen-bond donors (Lipinski definition) is 1. The Morgan fingerprint density at radius 2 is 1.88 bits per heavy atom. The second-order valence-electron chi connectivity index (χ2n) is 9.57. The quantitative estimate of drug-likeness (QED) is 0.523. The highest BCUT2D eigenvalue weighted by Crippen LogP contribution is 2.65. The summed E-state index contributed by atoms with van der Waals surface area (Å²) in [5.41, 5.74) is 1.00. The Labute approximate surface area is 203 Å². The van der Waals surface area contributed by atoms with Crippen LogP contribution in [-0.4, -0.2) is 74.5 Å². The van der Waals surface area contributed by atoms with Gasteiger partial charge in [-0.3, -0.25) is 14.4 Å². The van der Waals surface area contributed by atoms with Crippen molar-refractivity contribution >= 4 is 29.5 Å². The SMILES string of the molecule is C[C@@]12/C=C\CCCOC(=O)[C@@H]1[C@H]1C(=O)N(CCO)C3C(=O)N(Cc4ccccc4)CC=C[C@@]31S2. The molecule has 5 rings (SSSR count). The number of allylic oxidation sites excluding steroid dienone is 1. The molecule has 2 fully saturated rings. The number of benzene rings is 1. The zero-order valence-electron chi connectivity index (χ0n) is 19.3. The number of carbonyl (C=O) groups excluding carboxylic acids is 3. The molecule has 1 unspecified atom stereocenters. The van der Waals surface area contributed by atoms with Gasteiger partial charge >= 0.3 is 5.97 Å². The Morgan fingerprint density at radius 1 is 1.09 bits per heavy atom. The van der Waals surface area contributed by atoms with Crippen molar-refractivity contribution in [3.8, 4) is 0 Å². The molecule has 0 aromatic heterocycles. The van der Waals surface area contributed by atoms with Crippen molar-refractivity contribution in [3.05, 3.63) is 60.2 Å². The number of aliphatic hydroxyl groups excluding tert-OH is 1. The average molecular weight is 483 g/mol. The molecule has 1 spiro atoms. The largest absolute Gasteiger partial charge is 0.465 e. The van der Waals surface area contributed by atoms with E-state index >= 15 is 0 Å². The molecule has 0 radical (unpaired) electrons. The number of carbonyl (C=O) groups is 3. The van der Waals surface area contributed by atoms with Gasteiger partial charge in [0.15, 0.2) is 0 Å². The van der Waals surface area contributed by atoms with E-state index in [4.69, 9.17) is 4.74 Å². The topological polar surface area (TPSA) is 87.1 Å². The molecule has 0 bridgehead atoms. The summed E-state index contributed by atoms with van der Waals surface area (Å²) in [5, 5.41) is 9.76. The van der Waals surface area contributed by atoms with Crippen molar-refractivity contribution in [1.82, 2.24) is 9.80 Å². The first kappa shape index (κ1) is 23.2. The Balaban J connectivity index is 1.59. The number of thioether (sulfide) groups is 1. The molecular weight excluding hydrogens is 452 g/mol. The van der Waals surface area contributed by atoms with Gasteiger partial charge in [-0.25, -0.2) is 0 Å². The second kappa shape index (κ2) is 8.89. The van der Waals surface area contributed by atoms with Crippen molar-refractivity contribution in [2.24, 2.45) is 11.8 Å². The summed E-state index contributed by atoms with van der Waals surface area (Å²) in [6.07, 6.45) is 9.58. The zero-order chi connectivity index (χ0) is 23.9. The number of likely N-dealkylation sites (tertiary alicyclic amines) is 1. The lowest BCUT2D eigenvalue weighted by atomic mass is 9.74. The Hall–Kier alpha value is -2.58. The lowest BCUT2D eigenvalue weighted by Gasteiger charge is -2.36. The van der Waals surface area contributed by atoms with Crippen LogP contribution in [0.2, 0.25) is 0 Å². The normalized spacial score (nSPS) is 36.1. The van der Waals surface area contributed by atoms with Crippen LogP contribution in [0.15, 0.2) is 54.6 Å². The predicted octanol–water partition coefficient (Wildman–Crippen LogP) is 2.16. The standard InChI is InChI=1S/C26H30N2O5S/c1-25-11-6-3-7-16-33-24(32)20(25)19-22(30)28(14-15-29)21-23(31)27(13-8-12-26(19,21)34-25)17-18-9-4-2-5-10-18/h2,4-6,8-12,19-21,29H,3,7,13-17H2,1H3/b11-6-/t19-,20-,21?,25+,26-/m0/s1. The van der Waals surface area contributed by atoms with Crippen LogP contribution >= 0.6 is 11.8 Å². The first-order chi connectivity index (χ1) is 16.4. The van der Waals surface area contributed by atoms with Gasteiger partial charge in [-0.2, -0.15) is 0 Å². The van der Waals surface area contributed by atoms with Crippen molar-refractivity contribution in [2.45, 2.75) is 41.8 Å². The van der Waals surface area contributed by atoms with Gasteiger partial charge in [-0.05, 0) is 25.3 Å². The number of hydrogen-bond acceptors (Lipinski definition) is 6. The fourth-order valence-electron chi connectivity index (χ4n) is 5.97. The molecular formula is C26H30N2O5S. The van der Waals surface area contributed by atoms with Crippen LogP contribution in [0.3, 0.4) is 0 Å². The number of esters is 1. The smallest absolute Gasteiger partial charge is 0.311 e. The van der Waals surface area contributed by atoms with Gasteiger partial charge in [0.2, 0.25) is 11.8 Å². The van der Waals surface area contributed by atoms with Gasteiger partial charge in [-0.15, -0.1) is 11.8 Å². The third kappa shape index (κ3) is 3.58. The minimum atomic E-state index is -0.906. The first-order valence-corrected chi connectivity index (χ1v) is 12.7. The highest BCUT2D eigenvalue weighted by atomic mass is 32.2. The summed E-state index contributed by atoms with van der Waals surface area (Å²) in [4.78, 5) is 44.4. The molecule has 4 aliphatic heterocycles. The summed E-state index contributed by atoms with van der Waals surface area (Å²) in [5.74, 6) is -2.23. The number of ether oxygens (including phenoxy) is 1. The van der Waals surface area contributed by atoms with E-state index in [0.29, 0.717) is 19.7 Å². The number of amides is 2. The molecule has 2 saturated heterocycles. The minimum Gasteiger partial charge on any atom is -0.465 e. The summed E-state index contributed by atoms with van der Waals surface area (Å²) >= 11 is 1.53. The van der Waals surface area contributed by atoms with Gasteiger partial charge in [0.05, 0.1) is 29.8 Å². The highest BCUT2D eigenvalue weighted by Gasteiger charge is 2.73. The molecule has 34 heavy (non-hydrogen) atoms. The van der Waals surface area contributed by atoms with E-state index in [9.17, 15) is 19.5 Å². The van der Waals surface area contributed by atoms with Crippen LogP contribution in [-0.2, 0) is 25.7 Å². The van der Waals surface area contributed by atoms with Crippen molar-refractivity contribution in [1.29, 1.82) is 0 Å². The molecule has 0 aliphatic carbocycles. The molecule has 5 atom stereocenters. The maximum absolute atomic E-state index is 14.0. The fourth-order valence-corrected chi connectivity index (χ4v) is 8.13. The van der Waals surface area contributed by atoms with Crippen molar-refractivity contribution in [3.63, 3.8) is 0 Å². The van der Waals surface area contributed by atoms with Crippen LogP contribution in [0.1, 0.15) is 25.3 Å². The van der Waals surface area contributed by atoms with E-state index in [1.807, 2.05) is 55.5 Å². The average Bonchev–Trinajstić information content (AvgIpc) is 3.16. The maximum Gasteiger partial charge on any atom is 0.311 e. The third-order valence-corrected chi connectivity index (χ3v) is 9.19. The Bertz CT molecular complexity index is 1040. The van der Waals surface area contributed by atoms with Crippen LogP contribution in [0, 0.1) is 11.8 Å². The van der Waals surface area contributed by atoms with Gasteiger partial charge in [0.1, 0.15) is 6.04 Å². The van der Waals surface area contributed by atoms with Gasteiger partial charge < -0.3 is 19.6 Å². The number of rotatable bonds is 4. The van der Waals surface area contributed by atoms with Crippen molar-refractivity contribution in [2.75, 3.05) is 26.3 Å². The van der Waals surface area contributed by atoms with Crippen LogP contribution < -0.4 is 0 Å². The van der Waals surface area contributed by atoms with Gasteiger partial charge in [-0.1, -0.05) is 54.6 Å². The number of aliphatic hydroxyl groups is 1. The highest BCUT2D eigenvalue weighted by molar-refractivity contribution is 8.02. The summed E-state index contributed by atoms with van der Waals surface area (Å²) in [6.45, 7) is 2.94. The molecule has 4 heterocycles. The number of cyclic esters (lactones) is 1. The molecule has 2 amide bonds. The van der Waals surface area contributed by atoms with E-state index in [1.54, 1.807) is 4.90 Å². The lowest BCUT2D eigenvalue weighted by Crippen LogP contribution is -2.53. The van der Waals surface area contributed by atoms with Gasteiger partial charge in [0.25, 0.3) is 0 Å². The molecule has 0 saturated carbocycles. The molecule has 4 aliphatic rings. The predicted molar refractivity (Wildman–Crippen MR) is 129 cm³/mol. The molecule has 1 aromatic carbocycles. The first-order valence-electron chi connectivity index (χ1n) is 11.9. The molecule has 1 N–H and O–H groups in total. The molecule has 8 heteroatoms. The molecule has 7 nitrogen and oxygen atoms in total. The van der Waals surface area contributed by atoms with E-state index in [1.165, 1.54) is 16.7 Å². The second-order valence-corrected chi connectivity index (χ2v) is 11.4. The lowest BCUT2D eigenvalue weighted by molar-refractivity contribution is -0.154. The summed E-state index contributed by atoms with van der Waals surface area (Å²) < 4.78 is 4.01. The third-order valence-electron chi connectivity index (χ3n) is 7.39. The number of β-amino-alcohol motifs (C(OH)–C–C–N with tert-alkyl or cyclic N) is 1. The van der Waals surface area contributed by atoms with E-state index < -0.39 is 27.4 Å². The maximum atomic E-state index is 14.0. The number of nitrogens with zero attached hydrogens (tertiary/aromatic N) is 2. The van der Waals surface area contributed by atoms with Crippen LogP contribution in [0.25, 0.3) is 0 Å². The van der Waals surface area contributed by atoms with E-state index in [-0.39, 0.29) is 30.9 Å². The number of fused-ring (bicyclic) bond motifs is 2. The minimum absolute atomic E-state index is 0.0510.